The van der Waals surface area contributed by atoms with Crippen molar-refractivity contribution in [2.24, 2.45) is 10.7 Å². The number of pyridine rings is 1. The minimum absolute atomic E-state index is 0.197. The molecule has 1 aliphatic rings. The number of benzene rings is 1. The highest BCUT2D eigenvalue weighted by Gasteiger charge is 2.48. The first-order chi connectivity index (χ1) is 13.7. The van der Waals surface area contributed by atoms with Crippen LogP contribution in [0.2, 0.25) is 0 Å². The van der Waals surface area contributed by atoms with E-state index in [-0.39, 0.29) is 11.1 Å². The number of amidine groups is 1. The monoisotopic (exact) mass is 413 g/mol. The molecule has 0 radical (unpaired) electrons. The third kappa shape index (κ3) is 3.92. The highest BCUT2D eigenvalue weighted by atomic mass is 19.2. The maximum absolute atomic E-state index is 14.8. The molecule has 3 rings (SSSR count). The number of hydrogen-bond acceptors (Lipinski definition) is 5. The summed E-state index contributed by atoms with van der Waals surface area (Å²) in [6.45, 7) is 0.0171. The van der Waals surface area contributed by atoms with Crippen molar-refractivity contribution >= 4 is 11.8 Å². The van der Waals surface area contributed by atoms with E-state index in [4.69, 9.17) is 10.5 Å². The molecule has 1 aromatic heterocycles. The fourth-order valence-corrected chi connectivity index (χ4v) is 3.17. The summed E-state index contributed by atoms with van der Waals surface area (Å²) in [4.78, 5) is 19.6. The van der Waals surface area contributed by atoms with Crippen molar-refractivity contribution in [2.45, 2.75) is 31.2 Å². The van der Waals surface area contributed by atoms with E-state index in [1.807, 2.05) is 0 Å². The molecule has 29 heavy (non-hydrogen) atoms. The van der Waals surface area contributed by atoms with E-state index in [0.717, 1.165) is 6.07 Å². The van der Waals surface area contributed by atoms with Gasteiger partial charge in [-0.05, 0) is 24.6 Å². The lowest BCUT2D eigenvalue weighted by Gasteiger charge is -2.37. The maximum atomic E-state index is 14.8. The van der Waals surface area contributed by atoms with Crippen LogP contribution in [-0.2, 0) is 16.7 Å². The molecule has 1 aromatic carbocycles. The number of ketones is 1. The third-order valence-electron chi connectivity index (χ3n) is 4.64. The van der Waals surface area contributed by atoms with E-state index < -0.39 is 65.9 Å². The standard InChI is InChI=1S/C19H16F5N3O2/c1-19(17(24)15(7-20)29-18(25)27-19)11-4-9(2-3-12(11)22)5-14(28)16-13(23)6-10(21)8-26-16/h2-4,6,8,15,17H,5,7H2,1H3,(H2,25,27)/t15-,17+,19-/m1/s1. The fraction of sp³-hybridized carbons (Fsp3) is 0.316. The van der Waals surface area contributed by atoms with Crippen LogP contribution in [0.1, 0.15) is 28.5 Å². The molecule has 0 fully saturated rings. The van der Waals surface area contributed by atoms with Crippen LogP contribution in [-0.4, -0.2) is 35.7 Å². The van der Waals surface area contributed by atoms with Crippen LogP contribution in [0.4, 0.5) is 22.0 Å². The van der Waals surface area contributed by atoms with Gasteiger partial charge in [0.25, 0.3) is 6.02 Å². The number of alkyl halides is 2. The van der Waals surface area contributed by atoms with Gasteiger partial charge in [0.1, 0.15) is 29.5 Å². The summed E-state index contributed by atoms with van der Waals surface area (Å²) in [5, 5.41) is 0. The topological polar surface area (TPSA) is 77.6 Å². The van der Waals surface area contributed by atoms with Gasteiger partial charge < -0.3 is 10.5 Å². The molecule has 2 aromatic rings. The first kappa shape index (κ1) is 20.7. The number of ether oxygens (including phenoxy) is 1. The van der Waals surface area contributed by atoms with Gasteiger partial charge in [0.05, 0.1) is 6.20 Å². The van der Waals surface area contributed by atoms with Gasteiger partial charge in [-0.3, -0.25) is 4.79 Å². The normalized spacial score (nSPS) is 24.0. The van der Waals surface area contributed by atoms with Gasteiger partial charge in [0, 0.05) is 18.1 Å². The molecular weight excluding hydrogens is 397 g/mol. The molecular formula is C19H16F5N3O2. The summed E-state index contributed by atoms with van der Waals surface area (Å²) in [6.07, 6.45) is -3.35. The van der Waals surface area contributed by atoms with Crippen molar-refractivity contribution < 1.29 is 31.5 Å². The average Bonchev–Trinajstić information content (AvgIpc) is 2.66. The summed E-state index contributed by atoms with van der Waals surface area (Å²) >= 11 is 0. The Morgan fingerprint density at radius 3 is 2.62 bits per heavy atom. The Bertz CT molecular complexity index is 984. The number of Topliss-reactive ketones (excluding diaryl/α,β-unsaturated/α-hetero) is 1. The van der Waals surface area contributed by atoms with Crippen molar-refractivity contribution in [3.05, 3.63) is 64.7 Å². The fourth-order valence-electron chi connectivity index (χ4n) is 3.17. The Hall–Kier alpha value is -3.04. The molecule has 154 valence electrons. The van der Waals surface area contributed by atoms with Crippen molar-refractivity contribution in [1.82, 2.24) is 4.98 Å². The Balaban J connectivity index is 1.96. The molecule has 0 spiro atoms. The predicted octanol–water partition coefficient (Wildman–Crippen LogP) is 3.16. The number of aliphatic imine (C=N–C) groups is 1. The zero-order valence-electron chi connectivity index (χ0n) is 15.1. The quantitative estimate of drug-likeness (QED) is 0.604. The van der Waals surface area contributed by atoms with Crippen molar-refractivity contribution in [3.63, 3.8) is 0 Å². The number of carbonyl (C=O) groups is 1. The molecule has 0 bridgehead atoms. The van der Waals surface area contributed by atoms with Gasteiger partial charge in [0.2, 0.25) is 0 Å². The zero-order valence-corrected chi connectivity index (χ0v) is 15.1. The van der Waals surface area contributed by atoms with Crippen molar-refractivity contribution in [2.75, 3.05) is 6.67 Å². The molecule has 1 aliphatic heterocycles. The molecule has 0 amide bonds. The Morgan fingerprint density at radius 2 is 1.97 bits per heavy atom. The SMILES string of the molecule is C[C@]1(c2cc(CC(=O)c3ncc(F)cc3F)ccc2F)N=C(N)O[C@H](CF)[C@@H]1F. The lowest BCUT2D eigenvalue weighted by Crippen LogP contribution is -2.50. The molecule has 5 nitrogen and oxygen atoms in total. The molecule has 3 atom stereocenters. The molecule has 0 saturated carbocycles. The lowest BCUT2D eigenvalue weighted by atomic mass is 9.83. The number of halogens is 5. The highest BCUT2D eigenvalue weighted by Crippen LogP contribution is 2.38. The van der Waals surface area contributed by atoms with Crippen LogP contribution in [0.5, 0.6) is 0 Å². The van der Waals surface area contributed by atoms with Crippen LogP contribution in [0.15, 0.2) is 35.5 Å². The Kier molecular flexibility index (Phi) is 5.54. The third-order valence-corrected chi connectivity index (χ3v) is 4.64. The van der Waals surface area contributed by atoms with Gasteiger partial charge in [0.15, 0.2) is 23.9 Å². The number of hydrogen-bond donors (Lipinski definition) is 1. The number of nitrogens with zero attached hydrogens (tertiary/aromatic N) is 2. The Labute approximate surface area is 162 Å². The summed E-state index contributed by atoms with van der Waals surface area (Å²) in [6, 6.07) is 3.41. The molecule has 0 aliphatic carbocycles. The minimum Gasteiger partial charge on any atom is -0.456 e. The van der Waals surface area contributed by atoms with Gasteiger partial charge in [-0.1, -0.05) is 6.07 Å². The number of aromatic nitrogens is 1. The van der Waals surface area contributed by atoms with E-state index in [0.29, 0.717) is 12.3 Å². The maximum Gasteiger partial charge on any atom is 0.283 e. The van der Waals surface area contributed by atoms with Crippen LogP contribution in [0.25, 0.3) is 0 Å². The number of carbonyl (C=O) groups excluding carboxylic acids is 1. The Morgan fingerprint density at radius 1 is 1.24 bits per heavy atom. The smallest absolute Gasteiger partial charge is 0.283 e. The van der Waals surface area contributed by atoms with Crippen LogP contribution in [0.3, 0.4) is 0 Å². The van der Waals surface area contributed by atoms with Gasteiger partial charge in [-0.15, -0.1) is 0 Å². The summed E-state index contributed by atoms with van der Waals surface area (Å²) < 4.78 is 73.9. The first-order valence-electron chi connectivity index (χ1n) is 8.51. The summed E-state index contributed by atoms with van der Waals surface area (Å²) in [5.74, 6) is -3.73. The largest absolute Gasteiger partial charge is 0.456 e. The van der Waals surface area contributed by atoms with Gasteiger partial charge >= 0.3 is 0 Å². The predicted molar refractivity (Wildman–Crippen MR) is 93.3 cm³/mol. The van der Waals surface area contributed by atoms with Gasteiger partial charge in [-0.2, -0.15) is 0 Å². The van der Waals surface area contributed by atoms with Crippen LogP contribution >= 0.6 is 0 Å². The summed E-state index contributed by atoms with van der Waals surface area (Å²) in [7, 11) is 0. The molecule has 2 heterocycles. The van der Waals surface area contributed by atoms with E-state index in [1.54, 1.807) is 0 Å². The lowest BCUT2D eigenvalue weighted by molar-refractivity contribution is 0.00449. The van der Waals surface area contributed by atoms with Crippen LogP contribution < -0.4 is 5.73 Å². The second-order valence-electron chi connectivity index (χ2n) is 6.71. The van der Waals surface area contributed by atoms with Crippen LogP contribution in [0, 0.1) is 17.5 Å². The average molecular weight is 413 g/mol. The van der Waals surface area contributed by atoms with Crippen molar-refractivity contribution in [1.29, 1.82) is 0 Å². The highest BCUT2D eigenvalue weighted by molar-refractivity contribution is 5.96. The number of rotatable bonds is 5. The van der Waals surface area contributed by atoms with E-state index in [1.165, 1.54) is 19.1 Å². The van der Waals surface area contributed by atoms with Gasteiger partial charge in [-0.25, -0.2) is 31.9 Å². The minimum atomic E-state index is -2.06. The van der Waals surface area contributed by atoms with Crippen molar-refractivity contribution in [3.8, 4) is 0 Å². The molecule has 0 saturated heterocycles. The van der Waals surface area contributed by atoms with E-state index in [2.05, 4.69) is 9.98 Å². The second kappa shape index (κ2) is 7.76. The molecule has 2 N–H and O–H groups in total. The zero-order chi connectivity index (χ0) is 21.3. The molecule has 10 heteroatoms. The number of nitrogens with two attached hydrogens (primary N) is 1. The molecule has 0 unspecified atom stereocenters. The first-order valence-corrected chi connectivity index (χ1v) is 8.51. The second-order valence-corrected chi connectivity index (χ2v) is 6.71. The van der Waals surface area contributed by atoms with E-state index >= 15 is 0 Å². The summed E-state index contributed by atoms with van der Waals surface area (Å²) in [5.41, 5.74) is 2.93. The van der Waals surface area contributed by atoms with E-state index in [9.17, 15) is 26.7 Å².